The topological polar surface area (TPSA) is 122 Å². The second kappa shape index (κ2) is 10.1. The van der Waals surface area contributed by atoms with Crippen molar-refractivity contribution in [1.29, 1.82) is 0 Å². The first-order valence-electron chi connectivity index (χ1n) is 13.0. The van der Waals surface area contributed by atoms with E-state index in [1.54, 1.807) is 10.7 Å². The molecule has 5 heterocycles. The molecule has 2 fully saturated rings. The van der Waals surface area contributed by atoms with Gasteiger partial charge >= 0.3 is 0 Å². The van der Waals surface area contributed by atoms with Crippen molar-refractivity contribution in [2.45, 2.75) is 37.2 Å². The number of amides is 1. The molecule has 4 aromatic rings. The van der Waals surface area contributed by atoms with Gasteiger partial charge in [0.15, 0.2) is 5.65 Å². The molecule has 10 heteroatoms. The number of halogens is 1. The second-order valence-corrected chi connectivity index (χ2v) is 10.9. The van der Waals surface area contributed by atoms with E-state index in [0.717, 1.165) is 45.4 Å². The smallest absolute Gasteiger partial charge is 0.254 e. The summed E-state index contributed by atoms with van der Waals surface area (Å²) in [7, 11) is 0. The van der Waals surface area contributed by atoms with Crippen LogP contribution in [0, 0.1) is 0 Å². The van der Waals surface area contributed by atoms with Crippen molar-refractivity contribution in [3.05, 3.63) is 65.0 Å². The molecule has 2 aliphatic rings. The van der Waals surface area contributed by atoms with Crippen LogP contribution < -0.4 is 11.1 Å². The maximum atomic E-state index is 13.1. The zero-order valence-corrected chi connectivity index (χ0v) is 22.6. The Hall–Kier alpha value is -3.34. The largest absolute Gasteiger partial charge is 0.383 e. The monoisotopic (exact) mass is 575 g/mol. The van der Waals surface area contributed by atoms with Crippen LogP contribution in [0.1, 0.15) is 37.3 Å². The van der Waals surface area contributed by atoms with Crippen molar-refractivity contribution in [3.8, 4) is 22.4 Å². The molecule has 0 unspecified atom stereocenters. The first-order chi connectivity index (χ1) is 18.4. The number of piperidine rings is 2. The molecule has 1 aromatic carbocycles. The number of aliphatic hydroxyl groups is 1. The Morgan fingerprint density at radius 1 is 1.05 bits per heavy atom. The van der Waals surface area contributed by atoms with E-state index in [1.807, 2.05) is 53.6 Å². The number of carbonyl (C=O) groups excluding carboxylic acids is 1. The lowest BCUT2D eigenvalue weighted by Gasteiger charge is -2.39. The Morgan fingerprint density at radius 3 is 2.47 bits per heavy atom. The summed E-state index contributed by atoms with van der Waals surface area (Å²) in [4.78, 5) is 24.6. The normalized spacial score (nSPS) is 18.1. The molecule has 196 valence electrons. The van der Waals surface area contributed by atoms with Crippen molar-refractivity contribution in [1.82, 2.24) is 29.8 Å². The molecule has 0 atom stereocenters. The van der Waals surface area contributed by atoms with E-state index < -0.39 is 5.60 Å². The quantitative estimate of drug-likeness (QED) is 0.339. The third-order valence-electron chi connectivity index (χ3n) is 7.79. The number of carbonyl (C=O) groups is 1. The molecule has 4 N–H and O–H groups in total. The van der Waals surface area contributed by atoms with Crippen molar-refractivity contribution in [2.24, 2.45) is 0 Å². The van der Waals surface area contributed by atoms with E-state index in [4.69, 9.17) is 10.7 Å². The molecule has 0 spiro atoms. The molecule has 2 saturated heterocycles. The summed E-state index contributed by atoms with van der Waals surface area (Å²) in [5, 5.41) is 18.6. The summed E-state index contributed by atoms with van der Waals surface area (Å²) < 4.78 is 2.39. The molecule has 0 bridgehead atoms. The number of aromatic nitrogens is 4. The number of nitrogens with two attached hydrogens (primary N) is 1. The van der Waals surface area contributed by atoms with Crippen LogP contribution in [0.2, 0.25) is 0 Å². The van der Waals surface area contributed by atoms with Crippen molar-refractivity contribution in [3.63, 3.8) is 0 Å². The highest BCUT2D eigenvalue weighted by Crippen LogP contribution is 2.37. The lowest BCUT2D eigenvalue weighted by molar-refractivity contribution is -0.155. The molecule has 0 radical (unpaired) electrons. The van der Waals surface area contributed by atoms with Crippen LogP contribution in [0.25, 0.3) is 28.0 Å². The third kappa shape index (κ3) is 4.46. The Bertz CT molecular complexity index is 1460. The van der Waals surface area contributed by atoms with E-state index in [2.05, 4.69) is 31.3 Å². The van der Waals surface area contributed by atoms with Crippen molar-refractivity contribution < 1.29 is 9.90 Å². The molecule has 2 aliphatic heterocycles. The number of nitrogen functional groups attached to an aromatic ring is 1. The zero-order valence-electron chi connectivity index (χ0n) is 21.0. The fourth-order valence-corrected chi connectivity index (χ4v) is 6.11. The van der Waals surface area contributed by atoms with Gasteiger partial charge in [-0.3, -0.25) is 9.78 Å². The number of hydrogen-bond acceptors (Lipinski definition) is 7. The maximum Gasteiger partial charge on any atom is 0.254 e. The van der Waals surface area contributed by atoms with E-state index in [0.29, 0.717) is 50.5 Å². The minimum Gasteiger partial charge on any atom is -0.383 e. The number of rotatable bonds is 4. The van der Waals surface area contributed by atoms with Gasteiger partial charge in [0.05, 0.1) is 22.1 Å². The summed E-state index contributed by atoms with van der Waals surface area (Å²) in [6.45, 7) is 2.48. The minimum absolute atomic E-state index is 0.129. The highest BCUT2D eigenvalue weighted by Gasteiger charge is 2.41. The molecule has 3 aromatic heterocycles. The predicted octanol–water partition coefficient (Wildman–Crippen LogP) is 3.62. The summed E-state index contributed by atoms with van der Waals surface area (Å²) in [5.41, 5.74) is 10.5. The first kappa shape index (κ1) is 25.0. The molecule has 38 heavy (non-hydrogen) atoms. The van der Waals surface area contributed by atoms with Crippen LogP contribution in [-0.2, 0) is 4.79 Å². The molecular formula is C28H30BrN7O2. The van der Waals surface area contributed by atoms with Crippen LogP contribution in [0.3, 0.4) is 0 Å². The highest BCUT2D eigenvalue weighted by molar-refractivity contribution is 9.10. The molecule has 0 aliphatic carbocycles. The summed E-state index contributed by atoms with van der Waals surface area (Å²) in [6, 6.07) is 14.1. The SMILES string of the molecule is Nc1c(Br)c(C2CCN(C(=O)C3(O)CCNCC3)CC2)nc2c(-c3ccc(-c4ccccc4)nc3)cnn12. The highest BCUT2D eigenvalue weighted by atomic mass is 79.9. The van der Waals surface area contributed by atoms with Crippen LogP contribution in [-0.4, -0.2) is 67.3 Å². The summed E-state index contributed by atoms with van der Waals surface area (Å²) in [5.74, 6) is 0.473. The van der Waals surface area contributed by atoms with Crippen LogP contribution in [0.15, 0.2) is 59.3 Å². The van der Waals surface area contributed by atoms with Gasteiger partial charge < -0.3 is 21.1 Å². The Morgan fingerprint density at radius 2 is 1.79 bits per heavy atom. The van der Waals surface area contributed by atoms with Crippen molar-refractivity contribution in [2.75, 3.05) is 31.9 Å². The number of likely N-dealkylation sites (tertiary alicyclic amines) is 1. The van der Waals surface area contributed by atoms with Gasteiger partial charge in [-0.25, -0.2) is 4.98 Å². The van der Waals surface area contributed by atoms with E-state index in [9.17, 15) is 9.90 Å². The predicted molar refractivity (Wildman–Crippen MR) is 149 cm³/mol. The fourth-order valence-electron chi connectivity index (χ4n) is 5.52. The molecular weight excluding hydrogens is 546 g/mol. The zero-order chi connectivity index (χ0) is 26.3. The maximum absolute atomic E-state index is 13.1. The van der Waals surface area contributed by atoms with Crippen LogP contribution in [0.5, 0.6) is 0 Å². The Balaban J connectivity index is 1.25. The van der Waals surface area contributed by atoms with Crippen LogP contribution >= 0.6 is 15.9 Å². The number of fused-ring (bicyclic) bond motifs is 1. The van der Waals surface area contributed by atoms with E-state index >= 15 is 0 Å². The Labute approximate surface area is 229 Å². The van der Waals surface area contributed by atoms with Gasteiger partial charge in [-0.15, -0.1) is 0 Å². The van der Waals surface area contributed by atoms with Crippen molar-refractivity contribution >= 4 is 33.3 Å². The second-order valence-electron chi connectivity index (χ2n) is 10.1. The van der Waals surface area contributed by atoms with Gasteiger partial charge in [-0.05, 0) is 60.8 Å². The number of nitrogens with zero attached hydrogens (tertiary/aromatic N) is 5. The first-order valence-corrected chi connectivity index (χ1v) is 13.8. The average Bonchev–Trinajstić information content (AvgIpc) is 3.40. The lowest BCUT2D eigenvalue weighted by Crippen LogP contribution is -2.55. The van der Waals surface area contributed by atoms with Gasteiger partial charge in [-0.2, -0.15) is 9.61 Å². The van der Waals surface area contributed by atoms with E-state index in [-0.39, 0.29) is 11.8 Å². The molecule has 1 amide bonds. The van der Waals surface area contributed by atoms with Gasteiger partial charge in [-0.1, -0.05) is 36.4 Å². The number of pyridine rings is 1. The van der Waals surface area contributed by atoms with Crippen LogP contribution in [0.4, 0.5) is 5.82 Å². The van der Waals surface area contributed by atoms with Gasteiger partial charge in [0.25, 0.3) is 5.91 Å². The molecule has 0 saturated carbocycles. The molecule has 6 rings (SSSR count). The molecule has 9 nitrogen and oxygen atoms in total. The summed E-state index contributed by atoms with van der Waals surface area (Å²) >= 11 is 3.66. The standard InChI is InChI=1S/C28H30BrN7O2/c29-23-24(19-8-14-35(15-9-19)27(37)28(38)10-12-31-13-11-28)34-26-21(17-33-36(26)25(23)30)20-6-7-22(32-16-20)18-4-2-1-3-5-18/h1-7,16-17,19,31,38H,8-15,30H2. The average molecular weight is 576 g/mol. The number of nitrogens with one attached hydrogen (secondary N) is 1. The van der Waals surface area contributed by atoms with Gasteiger partial charge in [0.2, 0.25) is 0 Å². The lowest BCUT2D eigenvalue weighted by atomic mass is 9.88. The number of hydrogen-bond donors (Lipinski definition) is 3. The van der Waals surface area contributed by atoms with E-state index in [1.165, 1.54) is 0 Å². The van der Waals surface area contributed by atoms with Gasteiger partial charge in [0, 0.05) is 41.9 Å². The Kier molecular flexibility index (Phi) is 6.63. The van der Waals surface area contributed by atoms with Gasteiger partial charge in [0.1, 0.15) is 11.4 Å². The minimum atomic E-state index is -1.25. The summed E-state index contributed by atoms with van der Waals surface area (Å²) in [6.07, 6.45) is 6.02. The third-order valence-corrected chi connectivity index (χ3v) is 8.60. The number of anilines is 1. The fraction of sp³-hybridized carbons (Fsp3) is 0.357. The number of benzene rings is 1.